The van der Waals surface area contributed by atoms with Crippen LogP contribution < -0.4 is 5.32 Å². The number of phenolic OH excluding ortho intramolecular Hbond substituents is 1. The first-order valence-corrected chi connectivity index (χ1v) is 4.33. The van der Waals surface area contributed by atoms with Crippen molar-refractivity contribution in [2.45, 2.75) is 6.04 Å². The number of rotatable bonds is 3. The summed E-state index contributed by atoms with van der Waals surface area (Å²) in [5, 5.41) is 21.5. The normalized spacial score (nSPS) is 11.9. The second kappa shape index (κ2) is 6.09. The lowest BCUT2D eigenvalue weighted by molar-refractivity contribution is 0.251. The van der Waals surface area contributed by atoms with Gasteiger partial charge in [-0.3, -0.25) is 0 Å². The molecule has 0 bridgehead atoms. The number of hydrogen-bond acceptors (Lipinski definition) is 3. The van der Waals surface area contributed by atoms with E-state index < -0.39 is 0 Å². The van der Waals surface area contributed by atoms with Gasteiger partial charge < -0.3 is 15.5 Å². The van der Waals surface area contributed by atoms with Crippen molar-refractivity contribution in [1.29, 1.82) is 0 Å². The zero-order valence-corrected chi connectivity index (χ0v) is 9.27. The second-order valence-corrected chi connectivity index (χ2v) is 3.14. The summed E-state index contributed by atoms with van der Waals surface area (Å²) < 4.78 is 0. The third kappa shape index (κ3) is 3.03. The molecule has 3 N–H and O–H groups in total. The lowest BCUT2D eigenvalue weighted by Gasteiger charge is -2.14. The van der Waals surface area contributed by atoms with Crippen LogP contribution in [0.2, 0.25) is 5.02 Å². The maximum Gasteiger partial charge on any atom is 0.117 e. The third-order valence-corrected chi connectivity index (χ3v) is 2.22. The van der Waals surface area contributed by atoms with Gasteiger partial charge in [0.1, 0.15) is 5.75 Å². The zero-order chi connectivity index (χ0) is 9.84. The molecule has 0 aliphatic rings. The molecule has 0 heterocycles. The van der Waals surface area contributed by atoms with Gasteiger partial charge in [0.05, 0.1) is 12.6 Å². The van der Waals surface area contributed by atoms with Crippen LogP contribution in [-0.4, -0.2) is 23.9 Å². The van der Waals surface area contributed by atoms with Crippen LogP contribution in [0.4, 0.5) is 0 Å². The summed E-state index contributed by atoms with van der Waals surface area (Å²) in [5.74, 6) is 0.126. The largest absolute Gasteiger partial charge is 0.508 e. The monoisotopic (exact) mass is 237 g/mol. The van der Waals surface area contributed by atoms with Crippen LogP contribution in [0.15, 0.2) is 18.2 Å². The molecule has 0 saturated carbocycles. The molecule has 1 aromatic carbocycles. The standard InChI is InChI=1S/C9H12ClNO2.ClH/c1-11-9(5-12)7-3-2-6(13)4-8(7)10;/h2-4,9,11-13H,5H2,1H3;1H/t9-;/m0./s1. The van der Waals surface area contributed by atoms with Crippen molar-refractivity contribution in [1.82, 2.24) is 5.32 Å². The summed E-state index contributed by atoms with van der Waals surface area (Å²) in [7, 11) is 1.74. The van der Waals surface area contributed by atoms with Gasteiger partial charge in [-0.25, -0.2) is 0 Å². The van der Waals surface area contributed by atoms with E-state index in [-0.39, 0.29) is 30.8 Å². The van der Waals surface area contributed by atoms with Crippen molar-refractivity contribution in [2.75, 3.05) is 13.7 Å². The van der Waals surface area contributed by atoms with E-state index in [1.807, 2.05) is 0 Å². The van der Waals surface area contributed by atoms with Crippen LogP contribution in [0.1, 0.15) is 11.6 Å². The number of hydrogen-bond donors (Lipinski definition) is 3. The van der Waals surface area contributed by atoms with E-state index in [2.05, 4.69) is 5.32 Å². The molecule has 0 unspecified atom stereocenters. The first-order valence-electron chi connectivity index (χ1n) is 3.95. The van der Waals surface area contributed by atoms with Gasteiger partial charge in [0.25, 0.3) is 0 Å². The topological polar surface area (TPSA) is 52.5 Å². The minimum atomic E-state index is -0.187. The maximum atomic E-state index is 9.10. The number of aromatic hydroxyl groups is 1. The molecular weight excluding hydrogens is 225 g/mol. The van der Waals surface area contributed by atoms with E-state index in [9.17, 15) is 0 Å². The van der Waals surface area contributed by atoms with E-state index in [4.69, 9.17) is 21.8 Å². The molecule has 80 valence electrons. The fraction of sp³-hybridized carbons (Fsp3) is 0.333. The molecule has 0 fully saturated rings. The number of likely N-dealkylation sites (N-methyl/N-ethyl adjacent to an activating group) is 1. The summed E-state index contributed by atoms with van der Waals surface area (Å²) in [6.07, 6.45) is 0. The number of halogens is 2. The summed E-state index contributed by atoms with van der Waals surface area (Å²) >= 11 is 5.87. The molecule has 0 saturated heterocycles. The lowest BCUT2D eigenvalue weighted by Crippen LogP contribution is -2.20. The molecule has 0 spiro atoms. The smallest absolute Gasteiger partial charge is 0.117 e. The molecule has 0 amide bonds. The van der Waals surface area contributed by atoms with Gasteiger partial charge in [0, 0.05) is 5.02 Å². The average molecular weight is 238 g/mol. The van der Waals surface area contributed by atoms with Gasteiger partial charge in [-0.1, -0.05) is 17.7 Å². The van der Waals surface area contributed by atoms with Gasteiger partial charge in [-0.15, -0.1) is 12.4 Å². The molecule has 1 atom stereocenters. The Kier molecular flexibility index (Phi) is 5.88. The van der Waals surface area contributed by atoms with E-state index in [0.717, 1.165) is 5.56 Å². The fourth-order valence-electron chi connectivity index (χ4n) is 1.14. The van der Waals surface area contributed by atoms with Crippen LogP contribution in [0.25, 0.3) is 0 Å². The summed E-state index contributed by atoms with van der Waals surface area (Å²) in [6, 6.07) is 4.50. The third-order valence-electron chi connectivity index (χ3n) is 1.89. The Morgan fingerprint density at radius 2 is 2.14 bits per heavy atom. The summed E-state index contributed by atoms with van der Waals surface area (Å²) in [6.45, 7) is -0.0268. The Morgan fingerprint density at radius 1 is 1.50 bits per heavy atom. The number of aliphatic hydroxyl groups excluding tert-OH is 1. The molecule has 1 aromatic rings. The van der Waals surface area contributed by atoms with Crippen molar-refractivity contribution in [3.8, 4) is 5.75 Å². The van der Waals surface area contributed by atoms with Gasteiger partial charge in [0.15, 0.2) is 0 Å². The van der Waals surface area contributed by atoms with Crippen LogP contribution in [0, 0.1) is 0 Å². The Bertz CT molecular complexity index is 290. The molecule has 1 rings (SSSR count). The molecule has 5 heteroatoms. The average Bonchev–Trinajstić information content (AvgIpc) is 2.10. The SMILES string of the molecule is CN[C@@H](CO)c1ccc(O)cc1Cl.Cl. The highest BCUT2D eigenvalue weighted by Gasteiger charge is 2.11. The Hall–Kier alpha value is -0.480. The highest BCUT2D eigenvalue weighted by molar-refractivity contribution is 6.31. The van der Waals surface area contributed by atoms with E-state index in [1.54, 1.807) is 19.2 Å². The van der Waals surface area contributed by atoms with Crippen LogP contribution in [0.5, 0.6) is 5.75 Å². The van der Waals surface area contributed by atoms with Crippen LogP contribution in [-0.2, 0) is 0 Å². The first-order chi connectivity index (χ1) is 6.19. The number of phenols is 1. The number of aliphatic hydroxyl groups is 1. The van der Waals surface area contributed by atoms with Crippen molar-refractivity contribution in [2.24, 2.45) is 0 Å². The van der Waals surface area contributed by atoms with Gasteiger partial charge in [0.2, 0.25) is 0 Å². The zero-order valence-electron chi connectivity index (χ0n) is 7.70. The van der Waals surface area contributed by atoms with Crippen LogP contribution in [0.3, 0.4) is 0 Å². The first kappa shape index (κ1) is 13.5. The summed E-state index contributed by atoms with van der Waals surface area (Å²) in [4.78, 5) is 0. The highest BCUT2D eigenvalue weighted by atomic mass is 35.5. The highest BCUT2D eigenvalue weighted by Crippen LogP contribution is 2.26. The van der Waals surface area contributed by atoms with Gasteiger partial charge in [-0.2, -0.15) is 0 Å². The Balaban J connectivity index is 0.00000169. The van der Waals surface area contributed by atoms with E-state index >= 15 is 0 Å². The molecule has 0 radical (unpaired) electrons. The van der Waals surface area contributed by atoms with Gasteiger partial charge >= 0.3 is 0 Å². The number of nitrogens with one attached hydrogen (secondary N) is 1. The van der Waals surface area contributed by atoms with Crippen molar-refractivity contribution >= 4 is 24.0 Å². The fourth-order valence-corrected chi connectivity index (χ4v) is 1.45. The number of benzene rings is 1. The van der Waals surface area contributed by atoms with E-state index in [1.165, 1.54) is 6.07 Å². The molecule has 0 aromatic heterocycles. The minimum absolute atomic E-state index is 0. The minimum Gasteiger partial charge on any atom is -0.508 e. The summed E-state index contributed by atoms with van der Waals surface area (Å²) in [5.41, 5.74) is 0.782. The van der Waals surface area contributed by atoms with Gasteiger partial charge in [-0.05, 0) is 24.7 Å². The van der Waals surface area contributed by atoms with Crippen LogP contribution >= 0.6 is 24.0 Å². The molecular formula is C9H13Cl2NO2. The van der Waals surface area contributed by atoms with Crippen molar-refractivity contribution < 1.29 is 10.2 Å². The molecule has 0 aliphatic heterocycles. The second-order valence-electron chi connectivity index (χ2n) is 2.73. The lowest BCUT2D eigenvalue weighted by atomic mass is 10.1. The van der Waals surface area contributed by atoms with Crippen molar-refractivity contribution in [3.05, 3.63) is 28.8 Å². The predicted octanol–water partition coefficient (Wildman–Crippen LogP) is 1.72. The van der Waals surface area contributed by atoms with E-state index in [0.29, 0.717) is 5.02 Å². The quantitative estimate of drug-likeness (QED) is 0.751. The molecule has 0 aliphatic carbocycles. The van der Waals surface area contributed by atoms with Crippen molar-refractivity contribution in [3.63, 3.8) is 0 Å². The maximum absolute atomic E-state index is 9.10. The Morgan fingerprint density at radius 3 is 2.57 bits per heavy atom. The predicted molar refractivity (Wildman–Crippen MR) is 59.3 cm³/mol. The Labute approximate surface area is 94.1 Å². The molecule has 3 nitrogen and oxygen atoms in total. The molecule has 14 heavy (non-hydrogen) atoms.